The number of hydrogen-bond acceptors (Lipinski definition) is 2. The Balaban J connectivity index is 1.90. The highest BCUT2D eigenvalue weighted by atomic mass is 15.1. The molecule has 0 saturated heterocycles. The molecule has 154 valence electrons. The van der Waals surface area contributed by atoms with E-state index in [9.17, 15) is 5.26 Å². The summed E-state index contributed by atoms with van der Waals surface area (Å²) in [7, 11) is 0. The third-order valence-electron chi connectivity index (χ3n) is 5.79. The van der Waals surface area contributed by atoms with E-state index < -0.39 is 0 Å². The molecular formula is C24H43N3. The van der Waals surface area contributed by atoms with Crippen molar-refractivity contribution in [3.8, 4) is 6.07 Å². The smallest absolute Gasteiger partial charge is 0.0948 e. The largest absolute Gasteiger partial charge is 0.333 e. The van der Waals surface area contributed by atoms with E-state index in [0.717, 1.165) is 6.42 Å². The van der Waals surface area contributed by atoms with Gasteiger partial charge in [0.25, 0.3) is 0 Å². The van der Waals surface area contributed by atoms with E-state index >= 15 is 0 Å². The maximum atomic E-state index is 9.25. The molecule has 1 aromatic heterocycles. The summed E-state index contributed by atoms with van der Waals surface area (Å²) in [4.78, 5) is 4.13. The molecule has 0 saturated carbocycles. The Morgan fingerprint density at radius 1 is 0.815 bits per heavy atom. The number of nitriles is 1. The van der Waals surface area contributed by atoms with E-state index in [2.05, 4.69) is 22.5 Å². The Hall–Kier alpha value is -1.30. The minimum Gasteiger partial charge on any atom is -0.333 e. The van der Waals surface area contributed by atoms with Gasteiger partial charge in [-0.2, -0.15) is 5.26 Å². The molecule has 0 radical (unpaired) electrons. The molecule has 0 amide bonds. The van der Waals surface area contributed by atoms with Crippen molar-refractivity contribution < 1.29 is 0 Å². The SMILES string of the molecule is CCCCCCCCCCCCCCCCCC(C(C)C#N)n1ccnc1. The minimum atomic E-state index is 0.0471. The molecule has 1 rings (SSSR count). The first kappa shape index (κ1) is 23.7. The standard InChI is InChI=1S/C24H43N3/c1-3-4-5-6-7-8-9-10-11-12-13-14-15-16-17-18-24(23(2)21-25)27-20-19-26-22-27/h19-20,22-24H,3-18H2,1-2H3. The molecule has 1 heterocycles. The lowest BCUT2D eigenvalue weighted by Gasteiger charge is -2.20. The van der Waals surface area contributed by atoms with Crippen LogP contribution in [0.25, 0.3) is 0 Å². The van der Waals surface area contributed by atoms with Gasteiger partial charge in [-0.3, -0.25) is 0 Å². The summed E-state index contributed by atoms with van der Waals surface area (Å²) in [6.45, 7) is 4.31. The van der Waals surface area contributed by atoms with Crippen molar-refractivity contribution in [1.82, 2.24) is 9.55 Å². The van der Waals surface area contributed by atoms with Gasteiger partial charge in [-0.25, -0.2) is 4.98 Å². The van der Waals surface area contributed by atoms with Crippen molar-refractivity contribution in [2.75, 3.05) is 0 Å². The van der Waals surface area contributed by atoms with Gasteiger partial charge in [-0.05, 0) is 13.3 Å². The highest BCUT2D eigenvalue weighted by Crippen LogP contribution is 2.24. The van der Waals surface area contributed by atoms with Crippen LogP contribution in [0.4, 0.5) is 0 Å². The van der Waals surface area contributed by atoms with Crippen molar-refractivity contribution in [1.29, 1.82) is 5.26 Å². The molecule has 0 fully saturated rings. The molecule has 3 heteroatoms. The first-order valence-corrected chi connectivity index (χ1v) is 11.7. The zero-order chi connectivity index (χ0) is 19.6. The molecule has 0 bridgehead atoms. The Morgan fingerprint density at radius 2 is 1.30 bits per heavy atom. The monoisotopic (exact) mass is 373 g/mol. The Labute approximate surface area is 168 Å². The maximum absolute atomic E-state index is 9.25. The highest BCUT2D eigenvalue weighted by molar-refractivity contribution is 4.91. The molecule has 0 N–H and O–H groups in total. The van der Waals surface area contributed by atoms with Crippen LogP contribution in [0.15, 0.2) is 18.7 Å². The van der Waals surface area contributed by atoms with Crippen LogP contribution in [-0.4, -0.2) is 9.55 Å². The molecule has 0 aromatic carbocycles. The molecule has 0 spiro atoms. The lowest BCUT2D eigenvalue weighted by Crippen LogP contribution is -2.14. The van der Waals surface area contributed by atoms with Crippen molar-refractivity contribution in [2.24, 2.45) is 5.92 Å². The van der Waals surface area contributed by atoms with E-state index in [1.54, 1.807) is 0 Å². The van der Waals surface area contributed by atoms with Gasteiger partial charge in [0.15, 0.2) is 0 Å². The number of nitrogens with zero attached hydrogens (tertiary/aromatic N) is 3. The number of rotatable bonds is 18. The summed E-state index contributed by atoms with van der Waals surface area (Å²) >= 11 is 0. The van der Waals surface area contributed by atoms with Gasteiger partial charge in [0.2, 0.25) is 0 Å². The molecule has 3 nitrogen and oxygen atoms in total. The van der Waals surface area contributed by atoms with Crippen molar-refractivity contribution >= 4 is 0 Å². The van der Waals surface area contributed by atoms with E-state index in [0.29, 0.717) is 0 Å². The fourth-order valence-electron chi connectivity index (χ4n) is 3.93. The van der Waals surface area contributed by atoms with E-state index in [1.165, 1.54) is 96.3 Å². The lowest BCUT2D eigenvalue weighted by atomic mass is 9.96. The normalized spacial score (nSPS) is 13.4. The summed E-state index contributed by atoms with van der Waals surface area (Å²) in [6, 6.07) is 2.68. The van der Waals surface area contributed by atoms with Gasteiger partial charge in [0.05, 0.1) is 24.4 Å². The fourth-order valence-corrected chi connectivity index (χ4v) is 3.93. The predicted octanol–water partition coefficient (Wildman–Crippen LogP) is 7.85. The number of aromatic nitrogens is 2. The van der Waals surface area contributed by atoms with Gasteiger partial charge < -0.3 is 4.57 Å². The lowest BCUT2D eigenvalue weighted by molar-refractivity contribution is 0.371. The summed E-state index contributed by atoms with van der Waals surface area (Å²) in [6.07, 6.45) is 27.6. The van der Waals surface area contributed by atoms with Crippen LogP contribution in [0.2, 0.25) is 0 Å². The average molecular weight is 374 g/mol. The molecule has 27 heavy (non-hydrogen) atoms. The summed E-state index contributed by atoms with van der Waals surface area (Å²) in [5, 5.41) is 9.25. The molecule has 0 aliphatic carbocycles. The zero-order valence-electron chi connectivity index (χ0n) is 18.0. The third-order valence-corrected chi connectivity index (χ3v) is 5.79. The van der Waals surface area contributed by atoms with Crippen LogP contribution in [0.5, 0.6) is 0 Å². The van der Waals surface area contributed by atoms with Gasteiger partial charge in [0.1, 0.15) is 0 Å². The van der Waals surface area contributed by atoms with Crippen LogP contribution in [-0.2, 0) is 0 Å². The predicted molar refractivity (Wildman–Crippen MR) is 116 cm³/mol. The molecular weight excluding hydrogens is 330 g/mol. The quantitative estimate of drug-likeness (QED) is 0.246. The van der Waals surface area contributed by atoms with Gasteiger partial charge >= 0.3 is 0 Å². The molecule has 0 aliphatic heterocycles. The van der Waals surface area contributed by atoms with Crippen molar-refractivity contribution in [2.45, 2.75) is 123 Å². The zero-order valence-corrected chi connectivity index (χ0v) is 18.0. The minimum absolute atomic E-state index is 0.0471. The third kappa shape index (κ3) is 11.9. The first-order chi connectivity index (χ1) is 13.3. The topological polar surface area (TPSA) is 41.6 Å². The Bertz CT molecular complexity index is 460. The first-order valence-electron chi connectivity index (χ1n) is 11.7. The van der Waals surface area contributed by atoms with E-state index in [-0.39, 0.29) is 12.0 Å². The number of unbranched alkanes of at least 4 members (excludes halogenated alkanes) is 14. The summed E-state index contributed by atoms with van der Waals surface area (Å²) < 4.78 is 2.11. The van der Waals surface area contributed by atoms with E-state index in [1.807, 2.05) is 25.6 Å². The maximum Gasteiger partial charge on any atom is 0.0948 e. The fraction of sp³-hybridized carbons (Fsp3) is 0.833. The van der Waals surface area contributed by atoms with Crippen LogP contribution in [0.1, 0.15) is 123 Å². The Morgan fingerprint density at radius 3 is 1.70 bits per heavy atom. The van der Waals surface area contributed by atoms with E-state index in [4.69, 9.17) is 0 Å². The van der Waals surface area contributed by atoms with Crippen LogP contribution in [0.3, 0.4) is 0 Å². The highest BCUT2D eigenvalue weighted by Gasteiger charge is 2.17. The van der Waals surface area contributed by atoms with Crippen LogP contribution >= 0.6 is 0 Å². The van der Waals surface area contributed by atoms with Crippen molar-refractivity contribution in [3.63, 3.8) is 0 Å². The summed E-state index contributed by atoms with van der Waals surface area (Å²) in [5.74, 6) is 0.0471. The van der Waals surface area contributed by atoms with Gasteiger partial charge in [-0.15, -0.1) is 0 Å². The molecule has 1 aromatic rings. The van der Waals surface area contributed by atoms with Gasteiger partial charge in [0, 0.05) is 12.4 Å². The number of hydrogen-bond donors (Lipinski definition) is 0. The molecule has 2 unspecified atom stereocenters. The summed E-state index contributed by atoms with van der Waals surface area (Å²) in [5.41, 5.74) is 0. The average Bonchev–Trinajstić information content (AvgIpc) is 3.21. The molecule has 0 aliphatic rings. The van der Waals surface area contributed by atoms with Crippen LogP contribution < -0.4 is 0 Å². The Kier molecular flexibility index (Phi) is 14.8. The van der Waals surface area contributed by atoms with Crippen molar-refractivity contribution in [3.05, 3.63) is 18.7 Å². The van der Waals surface area contributed by atoms with Crippen LogP contribution in [0, 0.1) is 17.2 Å². The second-order valence-electron chi connectivity index (χ2n) is 8.23. The molecule has 2 atom stereocenters. The van der Waals surface area contributed by atoms with Gasteiger partial charge in [-0.1, -0.05) is 103 Å². The second-order valence-corrected chi connectivity index (χ2v) is 8.23. The number of imidazole rings is 1. The second kappa shape index (κ2) is 16.8.